The quantitative estimate of drug-likeness (QED) is 0.147. The van der Waals surface area contributed by atoms with E-state index in [1.807, 2.05) is 0 Å². The van der Waals surface area contributed by atoms with Crippen molar-refractivity contribution >= 4 is 68.6 Å². The SMILES string of the molecule is CC(C)(C)c1ccc(N2c3ccc(-c4ccccc4)cc3B3c4cc5c(cc4N(c4ccc(C(C)(C)C)cc4-c4ccccc4)c4cc(N6c7ccc(-c8ccccc8)cc7C7(C)CCCCC67C)cc2c43)C(C)(C)c2ccccc2C5(C)C)c(-c2ccccc2)c1. The second-order valence-electron chi connectivity index (χ2n) is 30.8. The summed E-state index contributed by atoms with van der Waals surface area (Å²) < 4.78 is 0. The maximum absolute atomic E-state index is 2.85. The van der Waals surface area contributed by atoms with Gasteiger partial charge in [0.25, 0.3) is 6.71 Å². The summed E-state index contributed by atoms with van der Waals surface area (Å²) in [5, 5.41) is 0. The Bertz CT molecular complexity index is 4760. The van der Waals surface area contributed by atoms with Crippen molar-refractivity contribution in [2.24, 2.45) is 0 Å². The lowest BCUT2D eigenvalue weighted by Gasteiger charge is -2.51. The molecule has 0 saturated heterocycles. The Morgan fingerprint density at radius 1 is 0.326 bits per heavy atom. The third kappa shape index (κ3) is 8.68. The number of nitrogens with zero attached hydrogens (tertiary/aromatic N) is 3. The monoisotopic (exact) mass is 1190 g/mol. The average Bonchev–Trinajstić information content (AvgIpc) is 1.54. The first-order chi connectivity index (χ1) is 44.1. The molecule has 0 bridgehead atoms. The molecule has 1 saturated carbocycles. The van der Waals surface area contributed by atoms with E-state index in [1.54, 1.807) is 0 Å². The van der Waals surface area contributed by atoms with E-state index < -0.39 is 0 Å². The van der Waals surface area contributed by atoms with Gasteiger partial charge in [0, 0.05) is 61.5 Å². The summed E-state index contributed by atoms with van der Waals surface area (Å²) in [5.41, 5.74) is 32.0. The fourth-order valence-electron chi connectivity index (χ4n) is 17.4. The lowest BCUT2D eigenvalue weighted by molar-refractivity contribution is 0.195. The van der Waals surface area contributed by atoms with E-state index in [2.05, 4.69) is 340 Å². The van der Waals surface area contributed by atoms with E-state index in [1.165, 1.54) is 158 Å². The predicted molar refractivity (Wildman–Crippen MR) is 393 cm³/mol. The van der Waals surface area contributed by atoms with E-state index in [4.69, 9.17) is 0 Å². The summed E-state index contributed by atoms with van der Waals surface area (Å²) in [5.74, 6) is 0. The molecule has 0 N–H and O–H groups in total. The summed E-state index contributed by atoms with van der Waals surface area (Å²) in [6.45, 7) is 29.1. The van der Waals surface area contributed by atoms with Gasteiger partial charge in [-0.25, -0.2) is 0 Å². The molecule has 92 heavy (non-hydrogen) atoms. The zero-order valence-corrected chi connectivity index (χ0v) is 55.8. The highest BCUT2D eigenvalue weighted by molar-refractivity contribution is 7.00. The number of benzene rings is 11. The highest BCUT2D eigenvalue weighted by Gasteiger charge is 2.58. The van der Waals surface area contributed by atoms with Gasteiger partial charge in [-0.1, -0.05) is 271 Å². The normalized spacial score (nSPS) is 18.9. The minimum Gasteiger partial charge on any atom is -0.334 e. The summed E-state index contributed by atoms with van der Waals surface area (Å²) in [4.78, 5) is 8.32. The number of hydrogen-bond donors (Lipinski definition) is 0. The van der Waals surface area contributed by atoms with Crippen molar-refractivity contribution in [3.05, 3.63) is 282 Å². The molecule has 4 heteroatoms. The molecule has 1 fully saturated rings. The number of anilines is 8. The van der Waals surface area contributed by atoms with Crippen LogP contribution in [0.25, 0.3) is 44.5 Å². The first kappa shape index (κ1) is 58.0. The van der Waals surface area contributed by atoms with Crippen molar-refractivity contribution in [1.29, 1.82) is 0 Å². The van der Waals surface area contributed by atoms with Crippen molar-refractivity contribution in [3.63, 3.8) is 0 Å². The Kier molecular flexibility index (Phi) is 13.0. The summed E-state index contributed by atoms with van der Waals surface area (Å²) in [6.07, 6.45) is 4.57. The lowest BCUT2D eigenvalue weighted by Crippen LogP contribution is -2.62. The molecule has 0 radical (unpaired) electrons. The van der Waals surface area contributed by atoms with Gasteiger partial charge in [-0.2, -0.15) is 0 Å². The first-order valence-corrected chi connectivity index (χ1v) is 33.8. The van der Waals surface area contributed by atoms with E-state index in [9.17, 15) is 0 Å². The topological polar surface area (TPSA) is 9.72 Å². The van der Waals surface area contributed by atoms with Gasteiger partial charge >= 0.3 is 0 Å². The Morgan fingerprint density at radius 2 is 0.750 bits per heavy atom. The van der Waals surface area contributed by atoms with Crippen LogP contribution in [0.5, 0.6) is 0 Å². The molecular formula is C88H84BN3. The summed E-state index contributed by atoms with van der Waals surface area (Å²) in [6, 6.07) is 94.2. The van der Waals surface area contributed by atoms with Gasteiger partial charge in [-0.15, -0.1) is 0 Å². The molecule has 16 rings (SSSR count). The van der Waals surface area contributed by atoms with Crippen LogP contribution >= 0.6 is 0 Å². The molecule has 2 aliphatic carbocycles. The van der Waals surface area contributed by atoms with Gasteiger partial charge in [0.15, 0.2) is 0 Å². The molecule has 2 unspecified atom stereocenters. The van der Waals surface area contributed by atoms with E-state index in [-0.39, 0.29) is 39.3 Å². The van der Waals surface area contributed by atoms with Crippen LogP contribution in [-0.2, 0) is 27.1 Å². The molecule has 2 atom stereocenters. The van der Waals surface area contributed by atoms with Crippen molar-refractivity contribution in [3.8, 4) is 44.5 Å². The van der Waals surface area contributed by atoms with Crippen LogP contribution in [0.2, 0.25) is 0 Å². The highest BCUT2D eigenvalue weighted by atomic mass is 15.3. The molecule has 3 nitrogen and oxygen atoms in total. The Morgan fingerprint density at radius 3 is 1.26 bits per heavy atom. The third-order valence-corrected chi connectivity index (χ3v) is 22.8. The van der Waals surface area contributed by atoms with Crippen LogP contribution in [0, 0.1) is 0 Å². The van der Waals surface area contributed by atoms with Crippen molar-refractivity contribution < 1.29 is 0 Å². The Labute approximate surface area is 547 Å². The average molecular weight is 1190 g/mol. The smallest absolute Gasteiger partial charge is 0.252 e. The van der Waals surface area contributed by atoms with Gasteiger partial charge < -0.3 is 14.7 Å². The molecule has 0 aromatic heterocycles. The van der Waals surface area contributed by atoms with Crippen LogP contribution in [-0.4, -0.2) is 12.3 Å². The summed E-state index contributed by atoms with van der Waals surface area (Å²) in [7, 11) is 0. The zero-order valence-electron chi connectivity index (χ0n) is 55.8. The molecule has 11 aromatic carbocycles. The number of rotatable bonds is 7. The van der Waals surface area contributed by atoms with Gasteiger partial charge in [-0.05, 0) is 180 Å². The summed E-state index contributed by atoms with van der Waals surface area (Å²) >= 11 is 0. The van der Waals surface area contributed by atoms with Crippen molar-refractivity contribution in [2.75, 3.05) is 14.7 Å². The molecule has 3 aliphatic heterocycles. The Hall–Kier alpha value is -9.12. The standard InChI is InChI=1S/C88H84BN3/c1-83(2,3)63-41-45-75(66(51-63)59-33-21-15-22-34-59)90-78-44-40-62(58-31-19-14-20-32-58)50-73(78)89-74-55-70-71(86(9,10)69-38-26-25-37-68(69)85(70,7)8)56-79(74)91(76-46-42-64(84(4,5)6)52-67(76)60-35-23-16-24-36-60)81-54-65(53-80(90)82(81)89)92-77-43-39-61(57-29-17-13-18-30-57)49-72(77)87(11)47-27-28-48-88(87,92)12/h13-26,29-46,49-56H,27-28,47-48H2,1-12H3. The van der Waals surface area contributed by atoms with Gasteiger partial charge in [0.05, 0.1) is 16.9 Å². The highest BCUT2D eigenvalue weighted by Crippen LogP contribution is 2.63. The van der Waals surface area contributed by atoms with Crippen LogP contribution in [0.1, 0.15) is 148 Å². The third-order valence-electron chi connectivity index (χ3n) is 22.8. The van der Waals surface area contributed by atoms with Crippen LogP contribution in [0.15, 0.2) is 243 Å². The zero-order chi connectivity index (χ0) is 63.4. The predicted octanol–water partition coefficient (Wildman–Crippen LogP) is 21.7. The van der Waals surface area contributed by atoms with Crippen molar-refractivity contribution in [1.82, 2.24) is 0 Å². The van der Waals surface area contributed by atoms with Crippen LogP contribution in [0.4, 0.5) is 45.5 Å². The lowest BCUT2D eigenvalue weighted by atomic mass is 9.33. The second-order valence-corrected chi connectivity index (χ2v) is 30.8. The minimum atomic E-state index is -0.305. The molecule has 0 spiro atoms. The number of fused-ring (bicyclic) bond motifs is 9. The molecule has 0 amide bonds. The van der Waals surface area contributed by atoms with Crippen LogP contribution in [0.3, 0.4) is 0 Å². The van der Waals surface area contributed by atoms with Gasteiger partial charge in [0.1, 0.15) is 0 Å². The van der Waals surface area contributed by atoms with Crippen LogP contribution < -0.4 is 31.1 Å². The molecule has 454 valence electrons. The van der Waals surface area contributed by atoms with Crippen molar-refractivity contribution in [2.45, 2.75) is 141 Å². The second kappa shape index (κ2) is 20.7. The molecule has 5 aliphatic rings. The van der Waals surface area contributed by atoms with Gasteiger partial charge in [0.2, 0.25) is 0 Å². The molecule has 11 aromatic rings. The van der Waals surface area contributed by atoms with E-state index >= 15 is 0 Å². The largest absolute Gasteiger partial charge is 0.334 e. The maximum atomic E-state index is 2.85. The van der Waals surface area contributed by atoms with Gasteiger partial charge in [-0.3, -0.25) is 0 Å². The molecule has 3 heterocycles. The first-order valence-electron chi connectivity index (χ1n) is 33.8. The number of hydrogen-bond acceptors (Lipinski definition) is 3. The maximum Gasteiger partial charge on any atom is 0.252 e. The fraction of sp³-hybridized carbons (Fsp3) is 0.250. The fourth-order valence-corrected chi connectivity index (χ4v) is 17.4. The van der Waals surface area contributed by atoms with E-state index in [0.717, 1.165) is 12.8 Å². The van der Waals surface area contributed by atoms with E-state index in [0.29, 0.717) is 0 Å². The minimum absolute atomic E-state index is 0.0898. The Balaban J connectivity index is 1.08. The molecular weight excluding hydrogens is 1110 g/mol.